The molecule has 1 atom stereocenters. The maximum absolute atomic E-state index is 12.5. The molecule has 2 rings (SSSR count). The maximum atomic E-state index is 12.5. The average Bonchev–Trinajstić information content (AvgIpc) is 2.68. The van der Waals surface area contributed by atoms with E-state index in [1.807, 2.05) is 57.2 Å². The van der Waals surface area contributed by atoms with E-state index in [-0.39, 0.29) is 11.6 Å². The fourth-order valence-corrected chi connectivity index (χ4v) is 2.57. The van der Waals surface area contributed by atoms with E-state index in [0.717, 1.165) is 5.56 Å². The van der Waals surface area contributed by atoms with Gasteiger partial charge in [-0.15, -0.1) is 0 Å². The third-order valence-corrected chi connectivity index (χ3v) is 3.89. The van der Waals surface area contributed by atoms with Crippen LogP contribution in [0, 0.1) is 11.3 Å². The van der Waals surface area contributed by atoms with Gasteiger partial charge in [-0.25, -0.2) is 0 Å². The number of amides is 1. The van der Waals surface area contributed by atoms with E-state index >= 15 is 0 Å². The zero-order chi connectivity index (χ0) is 19.6. The predicted molar refractivity (Wildman–Crippen MR) is 105 cm³/mol. The summed E-state index contributed by atoms with van der Waals surface area (Å²) in [6, 6.07) is 16.7. The van der Waals surface area contributed by atoms with E-state index < -0.39 is 5.91 Å². The lowest BCUT2D eigenvalue weighted by molar-refractivity contribution is -0.117. The molecule has 0 aliphatic heterocycles. The molecule has 2 aromatic rings. The number of nitrogens with one attached hydrogen (secondary N) is 1. The molecule has 0 radical (unpaired) electrons. The Balaban J connectivity index is 2.20. The third-order valence-electron chi connectivity index (χ3n) is 3.89. The van der Waals surface area contributed by atoms with E-state index in [0.29, 0.717) is 30.3 Å². The third kappa shape index (κ3) is 5.61. The standard InChI is InChI=1S/C22H24N2O3/c1-4-26-20-12-11-17(14-21(20)27-5-2)13-19(15-23)22(25)24-16(3)18-9-7-6-8-10-18/h6-14,16H,4-5H2,1-3H3,(H,24,25)/b19-13+/t16-/m0/s1. The highest BCUT2D eigenvalue weighted by Crippen LogP contribution is 2.29. The molecule has 2 aromatic carbocycles. The number of rotatable bonds is 8. The summed E-state index contributed by atoms with van der Waals surface area (Å²) in [4.78, 5) is 12.5. The summed E-state index contributed by atoms with van der Waals surface area (Å²) in [6.07, 6.45) is 1.55. The van der Waals surface area contributed by atoms with Gasteiger partial charge in [-0.1, -0.05) is 36.4 Å². The Hall–Kier alpha value is -3.26. The molecule has 27 heavy (non-hydrogen) atoms. The Morgan fingerprint density at radius 3 is 2.41 bits per heavy atom. The number of nitriles is 1. The van der Waals surface area contributed by atoms with Crippen LogP contribution in [0.25, 0.3) is 6.08 Å². The van der Waals surface area contributed by atoms with Gasteiger partial charge in [-0.3, -0.25) is 4.79 Å². The molecule has 1 N–H and O–H groups in total. The number of carbonyl (C=O) groups excluding carboxylic acids is 1. The number of hydrogen-bond donors (Lipinski definition) is 1. The molecule has 0 saturated carbocycles. The molecule has 140 valence electrons. The van der Waals surface area contributed by atoms with Crippen molar-refractivity contribution in [2.24, 2.45) is 0 Å². The van der Waals surface area contributed by atoms with E-state index in [9.17, 15) is 10.1 Å². The van der Waals surface area contributed by atoms with E-state index in [2.05, 4.69) is 5.32 Å². The Labute approximate surface area is 160 Å². The second kappa shape index (κ2) is 10.0. The molecule has 0 bridgehead atoms. The van der Waals surface area contributed by atoms with Gasteiger partial charge in [0, 0.05) is 0 Å². The van der Waals surface area contributed by atoms with Crippen molar-refractivity contribution in [3.05, 3.63) is 65.2 Å². The first-order valence-electron chi connectivity index (χ1n) is 8.96. The molecule has 0 heterocycles. The van der Waals surface area contributed by atoms with Crippen molar-refractivity contribution < 1.29 is 14.3 Å². The van der Waals surface area contributed by atoms with Crippen molar-refractivity contribution in [1.82, 2.24) is 5.32 Å². The average molecular weight is 364 g/mol. The highest BCUT2D eigenvalue weighted by molar-refractivity contribution is 6.01. The minimum Gasteiger partial charge on any atom is -0.490 e. The van der Waals surface area contributed by atoms with Crippen LogP contribution in [0.5, 0.6) is 11.5 Å². The molecule has 0 aliphatic rings. The first-order valence-corrected chi connectivity index (χ1v) is 8.96. The molecule has 1 amide bonds. The molecule has 0 unspecified atom stereocenters. The van der Waals surface area contributed by atoms with E-state index in [1.54, 1.807) is 24.3 Å². The number of hydrogen-bond acceptors (Lipinski definition) is 4. The highest BCUT2D eigenvalue weighted by Gasteiger charge is 2.14. The van der Waals surface area contributed by atoms with Crippen LogP contribution in [-0.4, -0.2) is 19.1 Å². The van der Waals surface area contributed by atoms with Crippen LogP contribution in [-0.2, 0) is 4.79 Å². The van der Waals surface area contributed by atoms with Crippen molar-refractivity contribution in [3.63, 3.8) is 0 Å². The Kier molecular flexibility index (Phi) is 7.45. The number of nitrogens with zero attached hydrogens (tertiary/aromatic N) is 1. The highest BCUT2D eigenvalue weighted by atomic mass is 16.5. The smallest absolute Gasteiger partial charge is 0.262 e. The SMILES string of the molecule is CCOc1ccc(/C=C(\C#N)C(=O)N[C@@H](C)c2ccccc2)cc1OCC. The van der Waals surface area contributed by atoms with Gasteiger partial charge in [-0.05, 0) is 50.1 Å². The molecule has 0 aromatic heterocycles. The number of ether oxygens (including phenoxy) is 2. The summed E-state index contributed by atoms with van der Waals surface area (Å²) < 4.78 is 11.1. The summed E-state index contributed by atoms with van der Waals surface area (Å²) in [6.45, 7) is 6.69. The van der Waals surface area contributed by atoms with Crippen molar-refractivity contribution in [2.75, 3.05) is 13.2 Å². The molecule has 0 aliphatic carbocycles. The Morgan fingerprint density at radius 1 is 1.11 bits per heavy atom. The van der Waals surface area contributed by atoms with Gasteiger partial charge >= 0.3 is 0 Å². The van der Waals surface area contributed by atoms with Gasteiger partial charge in [0.2, 0.25) is 0 Å². The maximum Gasteiger partial charge on any atom is 0.262 e. The van der Waals surface area contributed by atoms with Crippen LogP contribution < -0.4 is 14.8 Å². The number of carbonyl (C=O) groups is 1. The minimum absolute atomic E-state index is 0.0318. The van der Waals surface area contributed by atoms with Crippen molar-refractivity contribution >= 4 is 12.0 Å². The summed E-state index contributed by atoms with van der Waals surface area (Å²) in [5.41, 5.74) is 1.70. The summed E-state index contributed by atoms with van der Waals surface area (Å²) in [7, 11) is 0. The largest absolute Gasteiger partial charge is 0.490 e. The van der Waals surface area contributed by atoms with Gasteiger partial charge in [-0.2, -0.15) is 5.26 Å². The summed E-state index contributed by atoms with van der Waals surface area (Å²) in [5.74, 6) is 0.807. The van der Waals surface area contributed by atoms with Crippen molar-refractivity contribution in [2.45, 2.75) is 26.8 Å². The number of benzene rings is 2. The molecule has 0 fully saturated rings. The van der Waals surface area contributed by atoms with Crippen LogP contribution in [0.1, 0.15) is 37.9 Å². The van der Waals surface area contributed by atoms with Crippen molar-refractivity contribution in [3.8, 4) is 17.6 Å². The monoisotopic (exact) mass is 364 g/mol. The van der Waals surface area contributed by atoms with Gasteiger partial charge in [0.15, 0.2) is 11.5 Å². The molecule has 0 spiro atoms. The lowest BCUT2D eigenvalue weighted by atomic mass is 10.1. The molecule has 0 saturated heterocycles. The summed E-state index contributed by atoms with van der Waals surface area (Å²) >= 11 is 0. The van der Waals surface area contributed by atoms with Crippen LogP contribution >= 0.6 is 0 Å². The normalized spacial score (nSPS) is 12.0. The first kappa shape index (κ1) is 20.1. The fraction of sp³-hybridized carbons (Fsp3) is 0.273. The van der Waals surface area contributed by atoms with Crippen LogP contribution in [0.4, 0.5) is 0 Å². The van der Waals surface area contributed by atoms with Crippen LogP contribution in [0.2, 0.25) is 0 Å². The Morgan fingerprint density at radius 2 is 1.78 bits per heavy atom. The summed E-state index contributed by atoms with van der Waals surface area (Å²) in [5, 5.41) is 12.3. The minimum atomic E-state index is -0.416. The zero-order valence-electron chi connectivity index (χ0n) is 15.9. The van der Waals surface area contributed by atoms with Gasteiger partial charge in [0.05, 0.1) is 19.3 Å². The lowest BCUT2D eigenvalue weighted by Gasteiger charge is -2.14. The first-order chi connectivity index (χ1) is 13.1. The lowest BCUT2D eigenvalue weighted by Crippen LogP contribution is -2.27. The second-order valence-electron chi connectivity index (χ2n) is 5.85. The molecule has 5 heteroatoms. The topological polar surface area (TPSA) is 71.3 Å². The molecular formula is C22H24N2O3. The van der Waals surface area contributed by atoms with E-state index in [4.69, 9.17) is 9.47 Å². The zero-order valence-corrected chi connectivity index (χ0v) is 15.9. The quantitative estimate of drug-likeness (QED) is 0.561. The van der Waals surface area contributed by atoms with E-state index in [1.165, 1.54) is 0 Å². The van der Waals surface area contributed by atoms with Crippen LogP contribution in [0.15, 0.2) is 54.1 Å². The fourth-order valence-electron chi connectivity index (χ4n) is 2.57. The van der Waals surface area contributed by atoms with Crippen LogP contribution in [0.3, 0.4) is 0 Å². The second-order valence-corrected chi connectivity index (χ2v) is 5.85. The van der Waals surface area contributed by atoms with Crippen molar-refractivity contribution in [1.29, 1.82) is 5.26 Å². The molecule has 5 nitrogen and oxygen atoms in total. The Bertz CT molecular complexity index is 838. The predicted octanol–water partition coefficient (Wildman–Crippen LogP) is 4.27. The van der Waals surface area contributed by atoms with Gasteiger partial charge < -0.3 is 14.8 Å². The van der Waals surface area contributed by atoms with Gasteiger partial charge in [0.1, 0.15) is 11.6 Å². The van der Waals surface area contributed by atoms with Gasteiger partial charge in [0.25, 0.3) is 5.91 Å². The molecular weight excluding hydrogens is 340 g/mol.